The third-order valence-corrected chi connectivity index (χ3v) is 8.95. The van der Waals surface area contributed by atoms with Crippen molar-refractivity contribution >= 4 is 0 Å². The van der Waals surface area contributed by atoms with Crippen LogP contribution in [0, 0.1) is 12.3 Å². The van der Waals surface area contributed by atoms with Gasteiger partial charge < -0.3 is 5.32 Å². The number of likely N-dealkylation sites (tertiary alicyclic amines) is 1. The van der Waals surface area contributed by atoms with Crippen molar-refractivity contribution in [3.63, 3.8) is 0 Å². The molecule has 4 heterocycles. The molecule has 3 aliphatic carbocycles. The molecule has 0 spiro atoms. The Morgan fingerprint density at radius 1 is 1.03 bits per heavy atom. The lowest BCUT2D eigenvalue weighted by molar-refractivity contribution is -0.0534. The SMILES string of the molecule is Cc1nn(CC23CCC(N4CCCC4)(CC2)CC3)c2c1C(c1ccncc1)NCC2. The standard InChI is InChI=1S/C25H35N5/c1-19-22-21(6-15-27-23(22)20-4-13-26-14-5-20)30(28-19)18-24-7-10-25(11-8-24,12-9-24)29-16-2-3-17-29/h4-5,13-14,23,27H,2-3,6-12,15-18H2,1H3. The molecule has 0 amide bonds. The topological polar surface area (TPSA) is 46.0 Å². The van der Waals surface area contributed by atoms with E-state index in [1.807, 2.05) is 12.4 Å². The summed E-state index contributed by atoms with van der Waals surface area (Å²) in [5, 5.41) is 8.85. The summed E-state index contributed by atoms with van der Waals surface area (Å²) in [5.41, 5.74) is 6.43. The van der Waals surface area contributed by atoms with E-state index in [0.717, 1.165) is 19.5 Å². The van der Waals surface area contributed by atoms with Crippen molar-refractivity contribution < 1.29 is 0 Å². The molecule has 1 saturated heterocycles. The van der Waals surface area contributed by atoms with Gasteiger partial charge in [0.25, 0.3) is 0 Å². The molecule has 1 N–H and O–H groups in total. The summed E-state index contributed by atoms with van der Waals surface area (Å²) in [6.07, 6.45) is 16.1. The van der Waals surface area contributed by atoms with Crippen LogP contribution >= 0.6 is 0 Å². The number of pyridine rings is 1. The van der Waals surface area contributed by atoms with Crippen molar-refractivity contribution in [1.82, 2.24) is 25.0 Å². The smallest absolute Gasteiger partial charge is 0.0647 e. The summed E-state index contributed by atoms with van der Waals surface area (Å²) in [5.74, 6) is 0. The molecule has 5 heteroatoms. The lowest BCUT2D eigenvalue weighted by Crippen LogP contribution is -2.56. The van der Waals surface area contributed by atoms with Crippen LogP contribution in [0.1, 0.15) is 79.9 Å². The monoisotopic (exact) mass is 405 g/mol. The van der Waals surface area contributed by atoms with E-state index in [2.05, 4.69) is 38.9 Å². The molecule has 160 valence electrons. The Hall–Kier alpha value is -1.72. The molecule has 4 fully saturated rings. The van der Waals surface area contributed by atoms with Crippen molar-refractivity contribution in [2.75, 3.05) is 19.6 Å². The molecule has 2 aromatic rings. The fourth-order valence-corrected chi connectivity index (χ4v) is 7.15. The number of aromatic nitrogens is 3. The highest BCUT2D eigenvalue weighted by Gasteiger charge is 2.51. The van der Waals surface area contributed by atoms with Gasteiger partial charge in [-0.05, 0) is 94.5 Å². The first-order valence-corrected chi connectivity index (χ1v) is 12.1. The van der Waals surface area contributed by atoms with Gasteiger partial charge in [-0.3, -0.25) is 14.6 Å². The van der Waals surface area contributed by atoms with Gasteiger partial charge in [0.05, 0.1) is 11.7 Å². The van der Waals surface area contributed by atoms with E-state index < -0.39 is 0 Å². The van der Waals surface area contributed by atoms with E-state index >= 15 is 0 Å². The summed E-state index contributed by atoms with van der Waals surface area (Å²) in [7, 11) is 0. The van der Waals surface area contributed by atoms with Gasteiger partial charge in [0.15, 0.2) is 0 Å². The molecule has 7 rings (SSSR count). The fraction of sp³-hybridized carbons (Fsp3) is 0.680. The van der Waals surface area contributed by atoms with Crippen molar-refractivity contribution in [2.45, 2.75) is 82.8 Å². The zero-order valence-corrected chi connectivity index (χ0v) is 18.4. The van der Waals surface area contributed by atoms with Gasteiger partial charge in [-0.1, -0.05) is 0 Å². The number of nitrogens with one attached hydrogen (secondary N) is 1. The van der Waals surface area contributed by atoms with E-state index in [9.17, 15) is 0 Å². The van der Waals surface area contributed by atoms with Gasteiger partial charge in [0, 0.05) is 48.7 Å². The van der Waals surface area contributed by atoms with E-state index in [1.165, 1.54) is 87.0 Å². The number of nitrogens with zero attached hydrogens (tertiary/aromatic N) is 4. The van der Waals surface area contributed by atoms with Crippen LogP contribution in [0.2, 0.25) is 0 Å². The molecule has 5 nitrogen and oxygen atoms in total. The first kappa shape index (κ1) is 19.0. The summed E-state index contributed by atoms with van der Waals surface area (Å²) >= 11 is 0. The quantitative estimate of drug-likeness (QED) is 0.835. The second kappa shape index (κ2) is 7.16. The van der Waals surface area contributed by atoms with Gasteiger partial charge in [-0.2, -0.15) is 5.10 Å². The van der Waals surface area contributed by atoms with Crippen LogP contribution in [0.25, 0.3) is 0 Å². The lowest BCUT2D eigenvalue weighted by Gasteiger charge is -2.57. The molecule has 2 bridgehead atoms. The van der Waals surface area contributed by atoms with E-state index in [-0.39, 0.29) is 6.04 Å². The predicted octanol–water partition coefficient (Wildman–Crippen LogP) is 4.01. The van der Waals surface area contributed by atoms with E-state index in [0.29, 0.717) is 11.0 Å². The largest absolute Gasteiger partial charge is 0.306 e. The van der Waals surface area contributed by atoms with Crippen LogP contribution in [0.15, 0.2) is 24.5 Å². The third-order valence-electron chi connectivity index (χ3n) is 8.95. The van der Waals surface area contributed by atoms with Crippen molar-refractivity contribution in [3.05, 3.63) is 47.0 Å². The molecule has 1 atom stereocenters. The average molecular weight is 406 g/mol. The van der Waals surface area contributed by atoms with Gasteiger partial charge >= 0.3 is 0 Å². The number of aryl methyl sites for hydroxylation is 1. The molecule has 0 aromatic carbocycles. The minimum atomic E-state index is 0.253. The Balaban J connectivity index is 1.25. The second-order valence-electron chi connectivity index (χ2n) is 10.4. The molecular weight excluding hydrogens is 370 g/mol. The third kappa shape index (κ3) is 2.96. The van der Waals surface area contributed by atoms with Crippen LogP contribution in [0.3, 0.4) is 0 Å². The van der Waals surface area contributed by atoms with Gasteiger partial charge in [0.1, 0.15) is 0 Å². The first-order chi connectivity index (χ1) is 14.7. The summed E-state index contributed by atoms with van der Waals surface area (Å²) in [4.78, 5) is 7.07. The highest BCUT2D eigenvalue weighted by molar-refractivity contribution is 5.39. The highest BCUT2D eigenvalue weighted by atomic mass is 15.3. The van der Waals surface area contributed by atoms with E-state index in [1.54, 1.807) is 0 Å². The zero-order valence-electron chi connectivity index (χ0n) is 18.4. The molecule has 2 aliphatic heterocycles. The zero-order chi connectivity index (χ0) is 20.2. The van der Waals surface area contributed by atoms with Gasteiger partial charge in [-0.15, -0.1) is 0 Å². The minimum absolute atomic E-state index is 0.253. The average Bonchev–Trinajstić information content (AvgIpc) is 3.45. The van der Waals surface area contributed by atoms with Crippen LogP contribution in [0.4, 0.5) is 0 Å². The van der Waals surface area contributed by atoms with Crippen LogP contribution < -0.4 is 5.32 Å². The minimum Gasteiger partial charge on any atom is -0.306 e. The predicted molar refractivity (Wildman–Crippen MR) is 118 cm³/mol. The Morgan fingerprint density at radius 2 is 1.73 bits per heavy atom. The molecule has 2 aromatic heterocycles. The first-order valence-electron chi connectivity index (χ1n) is 12.1. The normalized spacial score (nSPS) is 33.7. The molecule has 0 radical (unpaired) electrons. The van der Waals surface area contributed by atoms with E-state index in [4.69, 9.17) is 5.10 Å². The lowest BCUT2D eigenvalue weighted by atomic mass is 9.56. The maximum absolute atomic E-state index is 5.12. The highest BCUT2D eigenvalue weighted by Crippen LogP contribution is 2.56. The molecule has 1 unspecified atom stereocenters. The Morgan fingerprint density at radius 3 is 2.43 bits per heavy atom. The maximum atomic E-state index is 5.12. The second-order valence-corrected chi connectivity index (χ2v) is 10.4. The Bertz CT molecular complexity index is 887. The summed E-state index contributed by atoms with van der Waals surface area (Å²) in [6, 6.07) is 4.54. The Labute approximate surface area is 180 Å². The van der Waals surface area contributed by atoms with Crippen LogP contribution in [0.5, 0.6) is 0 Å². The van der Waals surface area contributed by atoms with Gasteiger partial charge in [0.2, 0.25) is 0 Å². The summed E-state index contributed by atoms with van der Waals surface area (Å²) < 4.78 is 2.42. The Kier molecular flexibility index (Phi) is 4.54. The maximum Gasteiger partial charge on any atom is 0.0647 e. The van der Waals surface area contributed by atoms with Gasteiger partial charge in [-0.25, -0.2) is 0 Å². The molecule has 5 aliphatic rings. The molecule has 30 heavy (non-hydrogen) atoms. The van der Waals surface area contributed by atoms with Crippen LogP contribution in [-0.4, -0.2) is 44.8 Å². The number of hydrogen-bond donors (Lipinski definition) is 1. The van der Waals surface area contributed by atoms with Crippen LogP contribution in [-0.2, 0) is 13.0 Å². The summed E-state index contributed by atoms with van der Waals surface area (Å²) in [6.45, 7) is 7.05. The number of rotatable bonds is 4. The molecular formula is C25H35N5. The number of fused-ring (bicyclic) bond motifs is 4. The molecule has 3 saturated carbocycles. The fourth-order valence-electron chi connectivity index (χ4n) is 7.15. The van der Waals surface area contributed by atoms with Crippen molar-refractivity contribution in [1.29, 1.82) is 0 Å². The van der Waals surface area contributed by atoms with Crippen molar-refractivity contribution in [2.24, 2.45) is 5.41 Å². The van der Waals surface area contributed by atoms with Crippen molar-refractivity contribution in [3.8, 4) is 0 Å². The number of hydrogen-bond acceptors (Lipinski definition) is 4.